The SMILES string of the molecule is Cc1nc2ncc(N3CCC(c4ncc5c(n4)CCNC5)CC3)nc2s1. The van der Waals surface area contributed by atoms with Gasteiger partial charge in [0.05, 0.1) is 11.2 Å². The molecule has 5 heterocycles. The zero-order valence-corrected chi connectivity index (χ0v) is 15.6. The number of piperidine rings is 1. The monoisotopic (exact) mass is 367 g/mol. The lowest BCUT2D eigenvalue weighted by Crippen LogP contribution is -2.34. The van der Waals surface area contributed by atoms with Crippen molar-refractivity contribution in [3.05, 3.63) is 34.5 Å². The average Bonchev–Trinajstić information content (AvgIpc) is 3.07. The van der Waals surface area contributed by atoms with Crippen molar-refractivity contribution in [2.24, 2.45) is 0 Å². The fourth-order valence-electron chi connectivity index (χ4n) is 3.78. The van der Waals surface area contributed by atoms with Crippen LogP contribution in [0.2, 0.25) is 0 Å². The van der Waals surface area contributed by atoms with Gasteiger partial charge in [-0.05, 0) is 19.8 Å². The number of rotatable bonds is 2. The molecule has 1 N–H and O–H groups in total. The molecular formula is C18H21N7S. The van der Waals surface area contributed by atoms with Crippen LogP contribution in [-0.2, 0) is 13.0 Å². The van der Waals surface area contributed by atoms with Crippen molar-refractivity contribution in [3.63, 3.8) is 0 Å². The molecule has 1 saturated heterocycles. The van der Waals surface area contributed by atoms with Gasteiger partial charge in [-0.2, -0.15) is 0 Å². The van der Waals surface area contributed by atoms with E-state index in [-0.39, 0.29) is 0 Å². The molecular weight excluding hydrogens is 346 g/mol. The zero-order chi connectivity index (χ0) is 17.5. The summed E-state index contributed by atoms with van der Waals surface area (Å²) in [5.74, 6) is 2.41. The van der Waals surface area contributed by atoms with Crippen LogP contribution in [0, 0.1) is 6.92 Å². The molecule has 2 aliphatic rings. The van der Waals surface area contributed by atoms with Crippen molar-refractivity contribution < 1.29 is 0 Å². The highest BCUT2D eigenvalue weighted by atomic mass is 32.1. The molecule has 0 aliphatic carbocycles. The van der Waals surface area contributed by atoms with Crippen LogP contribution in [0.1, 0.15) is 40.8 Å². The summed E-state index contributed by atoms with van der Waals surface area (Å²) in [5.41, 5.74) is 3.23. The lowest BCUT2D eigenvalue weighted by molar-refractivity contribution is 0.478. The Balaban J connectivity index is 1.30. The Bertz CT molecular complexity index is 946. The molecule has 26 heavy (non-hydrogen) atoms. The van der Waals surface area contributed by atoms with E-state index in [4.69, 9.17) is 9.97 Å². The summed E-state index contributed by atoms with van der Waals surface area (Å²) in [6.07, 6.45) is 6.98. The average molecular weight is 367 g/mol. The number of hydrogen-bond donors (Lipinski definition) is 1. The third kappa shape index (κ3) is 2.93. The third-order valence-corrected chi connectivity index (χ3v) is 6.08. The van der Waals surface area contributed by atoms with E-state index in [1.165, 1.54) is 11.3 Å². The minimum absolute atomic E-state index is 0.439. The first-order chi connectivity index (χ1) is 12.8. The molecule has 3 aromatic heterocycles. The van der Waals surface area contributed by atoms with Crippen LogP contribution >= 0.6 is 11.3 Å². The van der Waals surface area contributed by atoms with Crippen molar-refractivity contribution in [1.82, 2.24) is 30.2 Å². The second-order valence-electron chi connectivity index (χ2n) is 6.98. The van der Waals surface area contributed by atoms with Crippen molar-refractivity contribution in [2.75, 3.05) is 24.5 Å². The van der Waals surface area contributed by atoms with Gasteiger partial charge in [0.1, 0.15) is 11.6 Å². The molecule has 1 fully saturated rings. The van der Waals surface area contributed by atoms with Crippen LogP contribution in [0.15, 0.2) is 12.4 Å². The van der Waals surface area contributed by atoms with Crippen LogP contribution in [0.4, 0.5) is 5.82 Å². The maximum absolute atomic E-state index is 4.87. The Morgan fingerprint density at radius 1 is 1.12 bits per heavy atom. The molecule has 0 bridgehead atoms. The molecule has 134 valence electrons. The Hall–Kier alpha value is -2.19. The van der Waals surface area contributed by atoms with Gasteiger partial charge in [0.15, 0.2) is 10.5 Å². The van der Waals surface area contributed by atoms with E-state index in [2.05, 4.69) is 25.2 Å². The van der Waals surface area contributed by atoms with Crippen LogP contribution in [0.25, 0.3) is 10.5 Å². The van der Waals surface area contributed by atoms with Crippen molar-refractivity contribution in [3.8, 4) is 0 Å². The molecule has 5 rings (SSSR count). The summed E-state index contributed by atoms with van der Waals surface area (Å²) in [7, 11) is 0. The van der Waals surface area contributed by atoms with E-state index in [0.717, 1.165) is 72.6 Å². The van der Waals surface area contributed by atoms with Crippen molar-refractivity contribution >= 4 is 27.6 Å². The molecule has 0 saturated carbocycles. The van der Waals surface area contributed by atoms with E-state index in [9.17, 15) is 0 Å². The van der Waals surface area contributed by atoms with Crippen molar-refractivity contribution in [2.45, 2.75) is 38.6 Å². The fraction of sp³-hybridized carbons (Fsp3) is 0.500. The number of aromatic nitrogens is 5. The largest absolute Gasteiger partial charge is 0.355 e. The van der Waals surface area contributed by atoms with E-state index < -0.39 is 0 Å². The smallest absolute Gasteiger partial charge is 0.189 e. The highest BCUT2D eigenvalue weighted by Crippen LogP contribution is 2.29. The standard InChI is InChI=1S/C18H21N7S/c1-11-22-17-18(26-11)24-15(10-21-17)25-6-3-12(4-7-25)16-20-9-13-8-19-5-2-14(13)23-16/h9-10,12,19H,2-8H2,1H3. The molecule has 2 aliphatic heterocycles. The second-order valence-corrected chi connectivity index (χ2v) is 8.16. The first-order valence-corrected chi connectivity index (χ1v) is 9.98. The zero-order valence-electron chi connectivity index (χ0n) is 14.8. The normalized spacial score (nSPS) is 18.3. The molecule has 0 atom stereocenters. The van der Waals surface area contributed by atoms with Gasteiger partial charge in [-0.3, -0.25) is 0 Å². The topological polar surface area (TPSA) is 79.7 Å². The number of nitrogens with zero attached hydrogens (tertiary/aromatic N) is 6. The number of aryl methyl sites for hydroxylation is 1. The van der Waals surface area contributed by atoms with Gasteiger partial charge in [-0.15, -0.1) is 0 Å². The maximum atomic E-state index is 4.87. The van der Waals surface area contributed by atoms with Crippen LogP contribution in [0.3, 0.4) is 0 Å². The Morgan fingerprint density at radius 3 is 2.88 bits per heavy atom. The molecule has 0 spiro atoms. The molecule has 0 unspecified atom stereocenters. The third-order valence-electron chi connectivity index (χ3n) is 5.23. The molecule has 3 aromatic rings. The summed E-state index contributed by atoms with van der Waals surface area (Å²) in [6.45, 7) is 5.83. The minimum atomic E-state index is 0.439. The predicted molar refractivity (Wildman–Crippen MR) is 102 cm³/mol. The molecule has 7 nitrogen and oxygen atoms in total. The van der Waals surface area contributed by atoms with Crippen molar-refractivity contribution in [1.29, 1.82) is 0 Å². The second kappa shape index (κ2) is 6.51. The molecule has 0 aromatic carbocycles. The van der Waals surface area contributed by atoms with Crippen LogP contribution in [-0.4, -0.2) is 44.6 Å². The summed E-state index contributed by atoms with van der Waals surface area (Å²) in [4.78, 5) is 26.4. The number of nitrogens with one attached hydrogen (secondary N) is 1. The van der Waals surface area contributed by atoms with E-state index in [0.29, 0.717) is 5.92 Å². The van der Waals surface area contributed by atoms with E-state index in [1.54, 1.807) is 11.3 Å². The molecule has 0 amide bonds. The van der Waals surface area contributed by atoms with E-state index >= 15 is 0 Å². The summed E-state index contributed by atoms with van der Waals surface area (Å²) in [6, 6.07) is 0. The summed E-state index contributed by atoms with van der Waals surface area (Å²) in [5, 5.41) is 4.38. The van der Waals surface area contributed by atoms with Gasteiger partial charge in [-0.25, -0.2) is 24.9 Å². The highest BCUT2D eigenvalue weighted by Gasteiger charge is 2.25. The van der Waals surface area contributed by atoms with Gasteiger partial charge in [0, 0.05) is 56.0 Å². The lowest BCUT2D eigenvalue weighted by Gasteiger charge is -2.32. The lowest BCUT2D eigenvalue weighted by atomic mass is 9.95. The quantitative estimate of drug-likeness (QED) is 0.744. The summed E-state index contributed by atoms with van der Waals surface area (Å²) < 4.78 is 0. The Morgan fingerprint density at radius 2 is 2.00 bits per heavy atom. The van der Waals surface area contributed by atoms with Gasteiger partial charge >= 0.3 is 0 Å². The Labute approximate surface area is 155 Å². The maximum Gasteiger partial charge on any atom is 0.189 e. The van der Waals surface area contributed by atoms with E-state index in [1.807, 2.05) is 19.3 Å². The minimum Gasteiger partial charge on any atom is -0.355 e. The number of fused-ring (bicyclic) bond motifs is 2. The van der Waals surface area contributed by atoms with Gasteiger partial charge in [-0.1, -0.05) is 11.3 Å². The Kier molecular flexibility index (Phi) is 4.01. The molecule has 8 heteroatoms. The predicted octanol–water partition coefficient (Wildman–Crippen LogP) is 2.21. The number of hydrogen-bond acceptors (Lipinski definition) is 8. The van der Waals surface area contributed by atoms with Gasteiger partial charge in [0.2, 0.25) is 0 Å². The van der Waals surface area contributed by atoms with Gasteiger partial charge < -0.3 is 10.2 Å². The van der Waals surface area contributed by atoms with Crippen LogP contribution < -0.4 is 10.2 Å². The first-order valence-electron chi connectivity index (χ1n) is 9.17. The molecule has 0 radical (unpaired) electrons. The number of thiazole rings is 1. The summed E-state index contributed by atoms with van der Waals surface area (Å²) >= 11 is 1.60. The fourth-order valence-corrected chi connectivity index (χ4v) is 4.52. The van der Waals surface area contributed by atoms with Crippen LogP contribution in [0.5, 0.6) is 0 Å². The highest BCUT2D eigenvalue weighted by molar-refractivity contribution is 7.18. The first kappa shape index (κ1) is 16.0. The number of anilines is 1. The van der Waals surface area contributed by atoms with Gasteiger partial charge in [0.25, 0.3) is 0 Å².